The molecule has 0 aliphatic rings. The van der Waals surface area contributed by atoms with E-state index in [0.29, 0.717) is 5.52 Å². The van der Waals surface area contributed by atoms with Gasteiger partial charge in [-0.05, 0) is 30.7 Å². The number of aromatic nitrogens is 1. The lowest BCUT2D eigenvalue weighted by Crippen LogP contribution is -2.23. The van der Waals surface area contributed by atoms with E-state index in [2.05, 4.69) is 15.1 Å². The van der Waals surface area contributed by atoms with Gasteiger partial charge in [0.2, 0.25) is 0 Å². The van der Waals surface area contributed by atoms with Crippen molar-refractivity contribution >= 4 is 10.9 Å². The predicted octanol–water partition coefficient (Wildman–Crippen LogP) is 1.96. The maximum absolute atomic E-state index is 11.5. The highest BCUT2D eigenvalue weighted by molar-refractivity contribution is 5.79. The molecule has 0 saturated carbocycles. The lowest BCUT2D eigenvalue weighted by atomic mass is 10.1. The van der Waals surface area contributed by atoms with Crippen molar-refractivity contribution < 1.29 is 4.94 Å². The Balaban J connectivity index is 2.74. The Labute approximate surface area is 90.2 Å². The first-order chi connectivity index (χ1) is 7.72. The van der Waals surface area contributed by atoms with Crippen LogP contribution in [0.4, 0.5) is 0 Å². The molecule has 0 radical (unpaired) electrons. The van der Waals surface area contributed by atoms with Crippen molar-refractivity contribution in [2.45, 2.75) is 6.92 Å². The van der Waals surface area contributed by atoms with Gasteiger partial charge in [-0.15, -0.1) is 4.73 Å². The van der Waals surface area contributed by atoms with E-state index in [1.165, 1.54) is 6.07 Å². The minimum absolute atomic E-state index is 0.385. The Hall–Kier alpha value is -2.46. The van der Waals surface area contributed by atoms with E-state index in [0.717, 1.165) is 15.7 Å². The van der Waals surface area contributed by atoms with Crippen LogP contribution >= 0.6 is 0 Å². The molecule has 0 atom stereocenters. The van der Waals surface area contributed by atoms with Crippen molar-refractivity contribution in [1.82, 2.24) is 4.73 Å². The van der Waals surface area contributed by atoms with Crippen LogP contribution < -0.4 is 10.5 Å². The van der Waals surface area contributed by atoms with E-state index in [4.69, 9.17) is 5.53 Å². The summed E-state index contributed by atoms with van der Waals surface area (Å²) in [5, 5.41) is 3.76. The molecule has 0 N–H and O–H groups in total. The molecule has 6 nitrogen and oxygen atoms in total. The Morgan fingerprint density at radius 2 is 2.19 bits per heavy atom. The average molecular weight is 216 g/mol. The molecule has 6 heteroatoms. The number of pyridine rings is 1. The molecule has 16 heavy (non-hydrogen) atoms. The summed E-state index contributed by atoms with van der Waals surface area (Å²) in [6, 6.07) is 8.54. The fraction of sp³-hybridized carbons (Fsp3) is 0.100. The Morgan fingerprint density at radius 3 is 2.94 bits per heavy atom. The van der Waals surface area contributed by atoms with Crippen LogP contribution in [0.1, 0.15) is 5.56 Å². The molecule has 0 fully saturated rings. The Morgan fingerprint density at radius 1 is 1.38 bits per heavy atom. The van der Waals surface area contributed by atoms with Crippen molar-refractivity contribution in [3.8, 4) is 0 Å². The molecule has 0 saturated heterocycles. The number of nitrogens with zero attached hydrogens (tertiary/aromatic N) is 4. The van der Waals surface area contributed by atoms with Crippen LogP contribution in [0.25, 0.3) is 21.3 Å². The second-order valence-corrected chi connectivity index (χ2v) is 3.28. The van der Waals surface area contributed by atoms with Crippen molar-refractivity contribution in [2.24, 2.45) is 5.28 Å². The molecule has 1 aromatic heterocycles. The standard InChI is InChI=1S/C10H8N4O2/c1-7-2-4-9-8(6-7)3-5-10(15)14(9)16-13-12-11/h2-6H,1H3. The number of fused-ring (bicyclic) bond motifs is 1. The van der Waals surface area contributed by atoms with Crippen LogP contribution in [0.3, 0.4) is 0 Å². The van der Waals surface area contributed by atoms with Crippen molar-refractivity contribution in [2.75, 3.05) is 0 Å². The third kappa shape index (κ3) is 1.69. The van der Waals surface area contributed by atoms with Crippen LogP contribution in [0.2, 0.25) is 0 Å². The predicted molar refractivity (Wildman–Crippen MR) is 58.7 cm³/mol. The summed E-state index contributed by atoms with van der Waals surface area (Å²) in [5.74, 6) is 0. The monoisotopic (exact) mass is 216 g/mol. The van der Waals surface area contributed by atoms with E-state index in [9.17, 15) is 4.79 Å². The maximum Gasteiger partial charge on any atom is 0.284 e. The van der Waals surface area contributed by atoms with Gasteiger partial charge >= 0.3 is 0 Å². The third-order valence-electron chi connectivity index (χ3n) is 2.16. The smallest absolute Gasteiger partial charge is 0.284 e. The van der Waals surface area contributed by atoms with Gasteiger partial charge in [0.05, 0.1) is 5.52 Å². The van der Waals surface area contributed by atoms with E-state index < -0.39 is 0 Å². The molecule has 0 bridgehead atoms. The first-order valence-electron chi connectivity index (χ1n) is 4.57. The highest BCUT2D eigenvalue weighted by Crippen LogP contribution is 2.12. The fourth-order valence-electron chi connectivity index (χ4n) is 1.48. The van der Waals surface area contributed by atoms with Gasteiger partial charge in [0.15, 0.2) is 0 Å². The summed E-state index contributed by atoms with van der Waals surface area (Å²) in [6.07, 6.45) is 0. The molecule has 0 aliphatic heterocycles. The minimum atomic E-state index is -0.385. The zero-order chi connectivity index (χ0) is 11.5. The van der Waals surface area contributed by atoms with Gasteiger partial charge in [-0.25, -0.2) is 0 Å². The largest absolute Gasteiger partial charge is 0.296 e. The molecule has 0 aliphatic carbocycles. The normalized spacial score (nSPS) is 9.81. The van der Waals surface area contributed by atoms with Gasteiger partial charge in [0.25, 0.3) is 5.56 Å². The van der Waals surface area contributed by atoms with Gasteiger partial charge in [0.1, 0.15) is 5.28 Å². The van der Waals surface area contributed by atoms with Gasteiger partial charge < -0.3 is 0 Å². The number of aryl methyl sites for hydroxylation is 1. The molecule has 0 unspecified atom stereocenters. The second-order valence-electron chi connectivity index (χ2n) is 3.28. The van der Waals surface area contributed by atoms with Crippen LogP contribution in [0.15, 0.2) is 40.4 Å². The molecular formula is C10H8N4O2. The van der Waals surface area contributed by atoms with Crippen molar-refractivity contribution in [3.63, 3.8) is 0 Å². The quantitative estimate of drug-likeness (QED) is 0.333. The number of azide groups is 1. The van der Waals surface area contributed by atoms with Crippen LogP contribution in [0.5, 0.6) is 0 Å². The first-order valence-corrected chi connectivity index (χ1v) is 4.57. The molecule has 0 spiro atoms. The second kappa shape index (κ2) is 3.96. The van der Waals surface area contributed by atoms with E-state index in [1.54, 1.807) is 12.1 Å². The lowest BCUT2D eigenvalue weighted by molar-refractivity contribution is 0.115. The van der Waals surface area contributed by atoms with E-state index in [1.807, 2.05) is 19.1 Å². The highest BCUT2D eigenvalue weighted by atomic mass is 16.8. The molecular weight excluding hydrogens is 208 g/mol. The first kappa shape index (κ1) is 10.1. The summed E-state index contributed by atoms with van der Waals surface area (Å²) in [5.41, 5.74) is 9.40. The topological polar surface area (TPSA) is 80.0 Å². The molecule has 1 heterocycles. The van der Waals surface area contributed by atoms with E-state index >= 15 is 0 Å². The fourth-order valence-corrected chi connectivity index (χ4v) is 1.48. The molecule has 0 amide bonds. The molecule has 2 aromatic rings. The Kier molecular flexibility index (Phi) is 2.49. The zero-order valence-electron chi connectivity index (χ0n) is 8.49. The number of benzene rings is 1. The van der Waals surface area contributed by atoms with Crippen LogP contribution in [-0.2, 0) is 0 Å². The van der Waals surface area contributed by atoms with Crippen LogP contribution in [-0.4, -0.2) is 4.73 Å². The van der Waals surface area contributed by atoms with Crippen molar-refractivity contribution in [1.29, 1.82) is 0 Å². The Bertz CT molecular complexity index is 641. The average Bonchev–Trinajstić information content (AvgIpc) is 2.28. The lowest BCUT2D eigenvalue weighted by Gasteiger charge is -2.06. The van der Waals surface area contributed by atoms with Gasteiger partial charge in [0, 0.05) is 16.4 Å². The summed E-state index contributed by atoms with van der Waals surface area (Å²) in [4.78, 5) is 18.6. The van der Waals surface area contributed by atoms with Crippen LogP contribution in [0, 0.1) is 6.92 Å². The summed E-state index contributed by atoms with van der Waals surface area (Å²) < 4.78 is 0.953. The molecule has 1 aromatic carbocycles. The van der Waals surface area contributed by atoms with E-state index in [-0.39, 0.29) is 5.56 Å². The van der Waals surface area contributed by atoms with Gasteiger partial charge in [-0.2, -0.15) is 0 Å². The number of hydrogen-bond donors (Lipinski definition) is 0. The summed E-state index contributed by atoms with van der Waals surface area (Å²) in [7, 11) is 0. The zero-order valence-corrected chi connectivity index (χ0v) is 8.49. The third-order valence-corrected chi connectivity index (χ3v) is 2.16. The number of rotatable bonds is 2. The van der Waals surface area contributed by atoms with Gasteiger partial charge in [-0.1, -0.05) is 11.6 Å². The minimum Gasteiger partial charge on any atom is -0.296 e. The highest BCUT2D eigenvalue weighted by Gasteiger charge is 2.03. The maximum atomic E-state index is 11.5. The summed E-state index contributed by atoms with van der Waals surface area (Å²) in [6.45, 7) is 1.95. The number of hydrogen-bond acceptors (Lipinski definition) is 3. The van der Waals surface area contributed by atoms with Gasteiger partial charge in [-0.3, -0.25) is 9.73 Å². The molecule has 80 valence electrons. The molecule has 2 rings (SSSR count). The SMILES string of the molecule is Cc1ccc2c(ccc(=O)n2ON=[N+]=[N-])c1. The van der Waals surface area contributed by atoms with Crippen molar-refractivity contribution in [3.05, 3.63) is 56.7 Å². The summed E-state index contributed by atoms with van der Waals surface area (Å²) >= 11 is 0.